The van der Waals surface area contributed by atoms with Crippen LogP contribution in [0.5, 0.6) is 0 Å². The zero-order valence-electron chi connectivity index (χ0n) is 17.0. The molecule has 0 bridgehead atoms. The molecule has 2 aliphatic carbocycles. The molecule has 160 valence electrons. The quantitative estimate of drug-likeness (QED) is 0.591. The molecule has 4 rings (SSSR count). The second-order valence-corrected chi connectivity index (χ2v) is 10.0. The zero-order valence-corrected chi connectivity index (χ0v) is 17.9. The number of hydrogen-bond acceptors (Lipinski definition) is 6. The maximum absolute atomic E-state index is 12.4. The van der Waals surface area contributed by atoms with Crippen LogP contribution in [-0.4, -0.2) is 30.5 Å². The highest BCUT2D eigenvalue weighted by atomic mass is 32.2. The van der Waals surface area contributed by atoms with Gasteiger partial charge in [0.1, 0.15) is 6.04 Å². The lowest BCUT2D eigenvalue weighted by molar-refractivity contribution is -0.117. The van der Waals surface area contributed by atoms with Crippen molar-refractivity contribution in [2.75, 3.05) is 0 Å². The van der Waals surface area contributed by atoms with Crippen LogP contribution in [0.1, 0.15) is 68.8 Å². The number of benzene rings is 1. The number of aromatic nitrogens is 2. The molecule has 2 N–H and O–H groups in total. The molecule has 1 aromatic heterocycles. The Morgan fingerprint density at radius 1 is 1.17 bits per heavy atom. The molecule has 0 spiro atoms. The lowest BCUT2D eigenvalue weighted by Gasteiger charge is -2.17. The summed E-state index contributed by atoms with van der Waals surface area (Å²) in [7, 11) is -3.48. The first kappa shape index (κ1) is 20.7. The Balaban J connectivity index is 1.38. The molecule has 30 heavy (non-hydrogen) atoms. The Labute approximate surface area is 176 Å². The SMILES string of the molecule is CC(C)C(NC(=O)/C=C/c1ccc(S(=O)(=O)NC2CC2)cc1)c1nc(C2CC2)no1. The maximum atomic E-state index is 12.4. The summed E-state index contributed by atoms with van der Waals surface area (Å²) < 4.78 is 32.4. The van der Waals surface area contributed by atoms with Crippen LogP contribution in [0.2, 0.25) is 0 Å². The summed E-state index contributed by atoms with van der Waals surface area (Å²) in [4.78, 5) is 17.1. The molecule has 1 atom stereocenters. The molecule has 8 nitrogen and oxygen atoms in total. The zero-order chi connectivity index (χ0) is 21.3. The Bertz CT molecular complexity index is 1040. The highest BCUT2D eigenvalue weighted by molar-refractivity contribution is 7.89. The van der Waals surface area contributed by atoms with Crippen molar-refractivity contribution in [1.82, 2.24) is 20.2 Å². The van der Waals surface area contributed by atoms with Crippen molar-refractivity contribution < 1.29 is 17.7 Å². The average molecular weight is 431 g/mol. The number of amides is 1. The fraction of sp³-hybridized carbons (Fsp3) is 0.476. The van der Waals surface area contributed by atoms with Gasteiger partial charge in [-0.2, -0.15) is 4.98 Å². The third kappa shape index (κ3) is 5.14. The minimum absolute atomic E-state index is 0.0615. The number of nitrogens with one attached hydrogen (secondary N) is 2. The fourth-order valence-electron chi connectivity index (χ4n) is 3.01. The molecule has 0 radical (unpaired) electrons. The topological polar surface area (TPSA) is 114 Å². The fourth-order valence-corrected chi connectivity index (χ4v) is 4.32. The van der Waals surface area contributed by atoms with E-state index in [2.05, 4.69) is 20.2 Å². The molecular weight excluding hydrogens is 404 g/mol. The number of sulfonamides is 1. The molecule has 1 amide bonds. The van der Waals surface area contributed by atoms with Gasteiger partial charge in [0, 0.05) is 18.0 Å². The number of hydrogen-bond donors (Lipinski definition) is 2. The monoisotopic (exact) mass is 430 g/mol. The van der Waals surface area contributed by atoms with Crippen LogP contribution >= 0.6 is 0 Å². The minimum atomic E-state index is -3.48. The first-order valence-electron chi connectivity index (χ1n) is 10.3. The van der Waals surface area contributed by atoms with Gasteiger partial charge in [-0.25, -0.2) is 13.1 Å². The molecular formula is C21H26N4O4S. The van der Waals surface area contributed by atoms with Gasteiger partial charge in [0.15, 0.2) is 5.82 Å². The molecule has 1 aromatic carbocycles. The number of nitrogens with zero attached hydrogens (tertiary/aromatic N) is 2. The Kier molecular flexibility index (Phi) is 5.75. The van der Waals surface area contributed by atoms with Gasteiger partial charge < -0.3 is 9.84 Å². The van der Waals surface area contributed by atoms with Gasteiger partial charge >= 0.3 is 0 Å². The van der Waals surface area contributed by atoms with Crippen molar-refractivity contribution in [3.8, 4) is 0 Å². The predicted octanol–water partition coefficient (Wildman–Crippen LogP) is 2.91. The Hall–Kier alpha value is -2.52. The van der Waals surface area contributed by atoms with Crippen molar-refractivity contribution in [3.63, 3.8) is 0 Å². The van der Waals surface area contributed by atoms with Gasteiger partial charge in [0.25, 0.3) is 0 Å². The summed E-state index contributed by atoms with van der Waals surface area (Å²) in [6.07, 6.45) is 6.99. The van der Waals surface area contributed by atoms with E-state index in [-0.39, 0.29) is 28.8 Å². The first-order chi connectivity index (χ1) is 14.3. The maximum Gasteiger partial charge on any atom is 0.249 e. The van der Waals surface area contributed by atoms with Gasteiger partial charge in [-0.1, -0.05) is 31.1 Å². The summed E-state index contributed by atoms with van der Waals surface area (Å²) in [6.45, 7) is 3.95. The van der Waals surface area contributed by atoms with Crippen LogP contribution in [-0.2, 0) is 14.8 Å². The number of rotatable bonds is 9. The predicted molar refractivity (Wildman–Crippen MR) is 111 cm³/mol. The van der Waals surface area contributed by atoms with Gasteiger partial charge in [-0.3, -0.25) is 4.79 Å². The van der Waals surface area contributed by atoms with Crippen molar-refractivity contribution in [3.05, 3.63) is 47.6 Å². The van der Waals surface area contributed by atoms with E-state index in [1.165, 1.54) is 18.2 Å². The third-order valence-electron chi connectivity index (χ3n) is 5.15. The van der Waals surface area contributed by atoms with Crippen LogP contribution in [0, 0.1) is 5.92 Å². The van der Waals surface area contributed by atoms with Gasteiger partial charge in [-0.15, -0.1) is 0 Å². The van der Waals surface area contributed by atoms with Gasteiger partial charge in [0.05, 0.1) is 4.90 Å². The van der Waals surface area contributed by atoms with E-state index in [4.69, 9.17) is 4.52 Å². The van der Waals surface area contributed by atoms with E-state index in [0.717, 1.165) is 31.2 Å². The second-order valence-electron chi connectivity index (χ2n) is 8.29. The molecule has 0 aliphatic heterocycles. The summed E-state index contributed by atoms with van der Waals surface area (Å²) in [5.41, 5.74) is 0.727. The third-order valence-corrected chi connectivity index (χ3v) is 6.68. The van der Waals surface area contributed by atoms with Crippen molar-refractivity contribution in [1.29, 1.82) is 0 Å². The minimum Gasteiger partial charge on any atom is -0.340 e. The summed E-state index contributed by atoms with van der Waals surface area (Å²) in [5, 5.41) is 6.93. The second kappa shape index (κ2) is 8.31. The molecule has 2 aliphatic rings. The van der Waals surface area contributed by atoms with Crippen LogP contribution in [0.15, 0.2) is 39.8 Å². The Morgan fingerprint density at radius 2 is 1.87 bits per heavy atom. The van der Waals surface area contributed by atoms with E-state index in [9.17, 15) is 13.2 Å². The molecule has 2 saturated carbocycles. The van der Waals surface area contributed by atoms with E-state index in [0.29, 0.717) is 17.6 Å². The van der Waals surface area contributed by atoms with Crippen molar-refractivity contribution in [2.24, 2.45) is 5.92 Å². The molecule has 2 fully saturated rings. The first-order valence-corrected chi connectivity index (χ1v) is 11.7. The smallest absolute Gasteiger partial charge is 0.249 e. The lowest BCUT2D eigenvalue weighted by atomic mass is 10.0. The van der Waals surface area contributed by atoms with E-state index in [1.807, 2.05) is 13.8 Å². The van der Waals surface area contributed by atoms with E-state index >= 15 is 0 Å². The van der Waals surface area contributed by atoms with Crippen molar-refractivity contribution >= 4 is 22.0 Å². The molecule has 9 heteroatoms. The van der Waals surface area contributed by atoms with Gasteiger partial charge in [0.2, 0.25) is 21.8 Å². The van der Waals surface area contributed by atoms with Gasteiger partial charge in [-0.05, 0) is 55.4 Å². The van der Waals surface area contributed by atoms with Crippen LogP contribution in [0.4, 0.5) is 0 Å². The number of carbonyl (C=O) groups is 1. The average Bonchev–Trinajstić information content (AvgIpc) is 3.65. The summed E-state index contributed by atoms with van der Waals surface area (Å²) in [5.74, 6) is 1.32. The normalized spacial score (nSPS) is 18.1. The summed E-state index contributed by atoms with van der Waals surface area (Å²) >= 11 is 0. The Morgan fingerprint density at radius 3 is 2.47 bits per heavy atom. The summed E-state index contributed by atoms with van der Waals surface area (Å²) in [6, 6.07) is 6.11. The van der Waals surface area contributed by atoms with Crippen LogP contribution < -0.4 is 10.0 Å². The molecule has 2 aromatic rings. The standard InChI is InChI=1S/C21H26N4O4S/c1-13(2)19(21-23-20(24-29-21)15-6-7-15)22-18(26)12-5-14-3-10-17(11-4-14)30(27,28)25-16-8-9-16/h3-5,10-13,15-16,19,25H,6-9H2,1-2H3,(H,22,26)/b12-5+. The van der Waals surface area contributed by atoms with Crippen molar-refractivity contribution in [2.45, 2.75) is 62.4 Å². The lowest BCUT2D eigenvalue weighted by Crippen LogP contribution is -2.30. The number of carbonyl (C=O) groups excluding carboxylic acids is 1. The van der Waals surface area contributed by atoms with E-state index in [1.54, 1.807) is 18.2 Å². The van der Waals surface area contributed by atoms with Crippen LogP contribution in [0.25, 0.3) is 6.08 Å². The molecule has 0 saturated heterocycles. The van der Waals surface area contributed by atoms with Crippen LogP contribution in [0.3, 0.4) is 0 Å². The largest absolute Gasteiger partial charge is 0.340 e. The highest BCUT2D eigenvalue weighted by Gasteiger charge is 2.31. The molecule has 1 heterocycles. The highest BCUT2D eigenvalue weighted by Crippen LogP contribution is 2.38. The van der Waals surface area contributed by atoms with E-state index < -0.39 is 10.0 Å². The molecule has 1 unspecified atom stereocenters.